The second-order valence-electron chi connectivity index (χ2n) is 3.82. The van der Waals surface area contributed by atoms with Crippen LogP contribution in [0.3, 0.4) is 0 Å². The molecule has 2 rings (SSSR count). The van der Waals surface area contributed by atoms with Gasteiger partial charge in [-0.3, -0.25) is 9.54 Å². The van der Waals surface area contributed by atoms with Crippen LogP contribution in [0.15, 0.2) is 36.9 Å². The molecule has 0 atom stereocenters. The molecule has 0 saturated heterocycles. The van der Waals surface area contributed by atoms with Gasteiger partial charge in [-0.25, -0.2) is 4.39 Å². The first-order valence-electron chi connectivity index (χ1n) is 5.36. The standard InChI is InChI=1S/C11H10FN3O3S/c12-11-8-13-3-1-10(11)9-2-4-15(14-7-9)5-6-19(16,17)18/h1-4,7-8H,5-6H2/p+1. The average Bonchev–Trinajstić information content (AvgIpc) is 2.37. The number of pyridine rings is 1. The zero-order valence-corrected chi connectivity index (χ0v) is 10.6. The van der Waals surface area contributed by atoms with E-state index in [2.05, 4.69) is 10.1 Å². The van der Waals surface area contributed by atoms with E-state index in [4.69, 9.17) is 4.55 Å². The van der Waals surface area contributed by atoms with Gasteiger partial charge in [-0.1, -0.05) is 4.68 Å². The molecule has 0 radical (unpaired) electrons. The van der Waals surface area contributed by atoms with E-state index in [1.165, 1.54) is 29.3 Å². The van der Waals surface area contributed by atoms with Gasteiger partial charge in [-0.15, -0.1) is 0 Å². The Morgan fingerprint density at radius 2 is 2.11 bits per heavy atom. The Hall–Kier alpha value is -1.93. The second-order valence-corrected chi connectivity index (χ2v) is 5.39. The zero-order chi connectivity index (χ0) is 13.9. The van der Waals surface area contributed by atoms with Gasteiger partial charge in [0.2, 0.25) is 0 Å². The number of nitrogens with zero attached hydrogens (tertiary/aromatic N) is 3. The SMILES string of the molecule is O=S(=O)(O)CC[n+]1ccc(-c2ccncc2F)cn1. The van der Waals surface area contributed by atoms with E-state index in [0.717, 1.165) is 6.20 Å². The molecule has 6 nitrogen and oxygen atoms in total. The van der Waals surface area contributed by atoms with Crippen LogP contribution in [0.4, 0.5) is 4.39 Å². The number of halogens is 1. The minimum atomic E-state index is -4.02. The first-order chi connectivity index (χ1) is 8.96. The lowest BCUT2D eigenvalue weighted by Crippen LogP contribution is -2.40. The summed E-state index contributed by atoms with van der Waals surface area (Å²) in [6.45, 7) is 0.0257. The maximum absolute atomic E-state index is 13.5. The number of rotatable bonds is 4. The Morgan fingerprint density at radius 1 is 1.32 bits per heavy atom. The molecule has 19 heavy (non-hydrogen) atoms. The molecule has 0 aliphatic heterocycles. The van der Waals surface area contributed by atoms with Gasteiger partial charge < -0.3 is 0 Å². The summed E-state index contributed by atoms with van der Waals surface area (Å²) in [7, 11) is -4.02. The largest absolute Gasteiger partial charge is 0.285 e. The normalized spacial score (nSPS) is 11.5. The fourth-order valence-electron chi connectivity index (χ4n) is 1.49. The van der Waals surface area contributed by atoms with E-state index < -0.39 is 21.7 Å². The van der Waals surface area contributed by atoms with Crippen molar-refractivity contribution in [3.63, 3.8) is 0 Å². The minimum Gasteiger partial charge on any atom is -0.285 e. The maximum atomic E-state index is 13.5. The molecule has 2 aromatic heterocycles. The molecule has 2 heterocycles. The Bertz CT molecular complexity index is 674. The van der Waals surface area contributed by atoms with Crippen molar-refractivity contribution in [3.8, 4) is 11.1 Å². The summed E-state index contributed by atoms with van der Waals surface area (Å²) in [5.41, 5.74) is 0.924. The van der Waals surface area contributed by atoms with E-state index in [1.807, 2.05) is 0 Å². The van der Waals surface area contributed by atoms with E-state index in [1.54, 1.807) is 6.07 Å². The van der Waals surface area contributed by atoms with Crippen LogP contribution in [0.5, 0.6) is 0 Å². The molecule has 0 unspecified atom stereocenters. The molecule has 0 bridgehead atoms. The predicted octanol–water partition coefficient (Wildman–Crippen LogP) is 0.458. The minimum absolute atomic E-state index is 0.0257. The summed E-state index contributed by atoms with van der Waals surface area (Å²) < 4.78 is 44.6. The molecule has 0 saturated carbocycles. The highest BCUT2D eigenvalue weighted by Gasteiger charge is 2.12. The maximum Gasteiger partial charge on any atom is 0.271 e. The smallest absolute Gasteiger partial charge is 0.271 e. The molecule has 0 fully saturated rings. The monoisotopic (exact) mass is 284 g/mol. The highest BCUT2D eigenvalue weighted by molar-refractivity contribution is 7.85. The van der Waals surface area contributed by atoms with Crippen molar-refractivity contribution in [1.29, 1.82) is 0 Å². The molecule has 100 valence electrons. The molecule has 0 aliphatic carbocycles. The first-order valence-corrected chi connectivity index (χ1v) is 6.97. The summed E-state index contributed by atoms with van der Waals surface area (Å²) in [5, 5.41) is 3.95. The van der Waals surface area contributed by atoms with Gasteiger partial charge >= 0.3 is 0 Å². The van der Waals surface area contributed by atoms with Gasteiger partial charge in [-0.2, -0.15) is 8.42 Å². The van der Waals surface area contributed by atoms with Crippen molar-refractivity contribution in [2.75, 3.05) is 5.75 Å². The van der Waals surface area contributed by atoms with E-state index in [0.29, 0.717) is 11.1 Å². The Labute approximate surface area is 109 Å². The average molecular weight is 284 g/mol. The lowest BCUT2D eigenvalue weighted by atomic mass is 10.1. The van der Waals surface area contributed by atoms with Crippen LogP contribution in [0.25, 0.3) is 11.1 Å². The fourth-order valence-corrected chi connectivity index (χ4v) is 1.91. The van der Waals surface area contributed by atoms with Gasteiger partial charge in [0.05, 0.1) is 6.20 Å². The summed E-state index contributed by atoms with van der Waals surface area (Å²) in [6, 6.07) is 3.13. The van der Waals surface area contributed by atoms with Gasteiger partial charge in [0.15, 0.2) is 12.7 Å². The van der Waals surface area contributed by atoms with Gasteiger partial charge in [0.25, 0.3) is 10.1 Å². The highest BCUT2D eigenvalue weighted by Crippen LogP contribution is 2.19. The third kappa shape index (κ3) is 3.76. The molecule has 0 aliphatic rings. The topological polar surface area (TPSA) is 84.0 Å². The molecular weight excluding hydrogens is 273 g/mol. The molecule has 0 aromatic carbocycles. The van der Waals surface area contributed by atoms with E-state index >= 15 is 0 Å². The Balaban J connectivity index is 2.17. The van der Waals surface area contributed by atoms with Crippen LogP contribution in [-0.2, 0) is 16.7 Å². The summed E-state index contributed by atoms with van der Waals surface area (Å²) in [6.07, 6.45) is 5.51. The van der Waals surface area contributed by atoms with Crippen LogP contribution in [0.2, 0.25) is 0 Å². The summed E-state index contributed by atoms with van der Waals surface area (Å²) >= 11 is 0. The first kappa shape index (κ1) is 13.5. The van der Waals surface area contributed by atoms with Crippen molar-refractivity contribution >= 4 is 10.1 Å². The third-order valence-electron chi connectivity index (χ3n) is 2.43. The fraction of sp³-hybridized carbons (Fsp3) is 0.182. The van der Waals surface area contributed by atoms with Crippen molar-refractivity contribution in [3.05, 3.63) is 42.7 Å². The molecule has 2 aromatic rings. The van der Waals surface area contributed by atoms with Crippen LogP contribution in [0.1, 0.15) is 0 Å². The number of hydrogen-bond acceptors (Lipinski definition) is 4. The number of hydrogen-bond donors (Lipinski definition) is 1. The molecular formula is C11H11FN3O3S+. The van der Waals surface area contributed by atoms with E-state index in [-0.39, 0.29) is 6.54 Å². The number of aromatic nitrogens is 3. The van der Waals surface area contributed by atoms with Crippen molar-refractivity contribution in [2.24, 2.45) is 0 Å². The predicted molar refractivity (Wildman–Crippen MR) is 64.0 cm³/mol. The van der Waals surface area contributed by atoms with Crippen LogP contribution in [-0.4, -0.2) is 28.8 Å². The number of aryl methyl sites for hydroxylation is 1. The van der Waals surface area contributed by atoms with Crippen LogP contribution < -0.4 is 4.68 Å². The van der Waals surface area contributed by atoms with Crippen molar-refractivity contribution in [2.45, 2.75) is 6.54 Å². The zero-order valence-electron chi connectivity index (χ0n) is 9.77. The quantitative estimate of drug-likeness (QED) is 0.651. The Morgan fingerprint density at radius 3 is 2.68 bits per heavy atom. The summed E-state index contributed by atoms with van der Waals surface area (Å²) in [5.74, 6) is -0.881. The molecule has 0 amide bonds. The lowest BCUT2D eigenvalue weighted by molar-refractivity contribution is -0.750. The third-order valence-corrected chi connectivity index (χ3v) is 3.13. The lowest BCUT2D eigenvalue weighted by Gasteiger charge is -2.00. The van der Waals surface area contributed by atoms with E-state index in [9.17, 15) is 12.8 Å². The van der Waals surface area contributed by atoms with Crippen LogP contribution >= 0.6 is 0 Å². The summed E-state index contributed by atoms with van der Waals surface area (Å²) in [4.78, 5) is 3.65. The molecule has 1 N–H and O–H groups in total. The van der Waals surface area contributed by atoms with Crippen LogP contribution in [0, 0.1) is 5.82 Å². The van der Waals surface area contributed by atoms with Crippen molar-refractivity contribution < 1.29 is 22.0 Å². The molecule has 0 spiro atoms. The van der Waals surface area contributed by atoms with Gasteiger partial charge in [0, 0.05) is 23.4 Å². The van der Waals surface area contributed by atoms with Gasteiger partial charge in [-0.05, 0) is 11.2 Å². The second kappa shape index (κ2) is 5.37. The Kier molecular flexibility index (Phi) is 3.82. The highest BCUT2D eigenvalue weighted by atomic mass is 32.2. The van der Waals surface area contributed by atoms with Gasteiger partial charge in [0.1, 0.15) is 17.8 Å². The molecule has 8 heteroatoms. The van der Waals surface area contributed by atoms with Crippen molar-refractivity contribution in [1.82, 2.24) is 10.1 Å².